The first-order valence-corrected chi connectivity index (χ1v) is 15.9. The summed E-state index contributed by atoms with van der Waals surface area (Å²) >= 11 is 0. The number of aromatic nitrogens is 2. The Morgan fingerprint density at radius 3 is 0.896 bits per heavy atom. The lowest BCUT2D eigenvalue weighted by atomic mass is 9.86. The van der Waals surface area contributed by atoms with Crippen LogP contribution in [-0.4, -0.2) is 9.13 Å². The Kier molecular flexibility index (Phi) is 6.22. The van der Waals surface area contributed by atoms with Gasteiger partial charge in [-0.05, 0) is 35.4 Å². The Morgan fingerprint density at radius 2 is 0.604 bits per heavy atom. The van der Waals surface area contributed by atoms with Crippen molar-refractivity contribution in [2.45, 2.75) is 0 Å². The minimum Gasteiger partial charge on any atom is -0.307 e. The van der Waals surface area contributed by atoms with Crippen molar-refractivity contribution in [2.75, 3.05) is 0 Å². The quantitative estimate of drug-likeness (QED) is 0.199. The van der Waals surface area contributed by atoms with Crippen molar-refractivity contribution < 1.29 is 0 Å². The summed E-state index contributed by atoms with van der Waals surface area (Å²) in [5.41, 5.74) is 9.45. The summed E-state index contributed by atoms with van der Waals surface area (Å²) in [6.45, 7) is 0. The molecule has 0 aliphatic heterocycles. The highest BCUT2D eigenvalue weighted by Gasteiger charge is 2.31. The molecule has 222 valence electrons. The molecule has 0 aliphatic carbocycles. The molecule has 0 N–H and O–H groups in total. The van der Waals surface area contributed by atoms with Gasteiger partial charge in [0.25, 0.3) is 0 Å². The minimum absolute atomic E-state index is 0.502. The van der Waals surface area contributed by atoms with Gasteiger partial charge in [-0.2, -0.15) is 10.5 Å². The second-order valence-electron chi connectivity index (χ2n) is 11.9. The van der Waals surface area contributed by atoms with E-state index in [9.17, 15) is 10.5 Å². The molecule has 0 amide bonds. The van der Waals surface area contributed by atoms with E-state index in [0.29, 0.717) is 22.5 Å². The van der Waals surface area contributed by atoms with E-state index in [1.54, 1.807) is 0 Å². The number of hydrogen-bond donors (Lipinski definition) is 0. The largest absolute Gasteiger partial charge is 0.307 e. The highest BCUT2D eigenvalue weighted by atomic mass is 15.0. The van der Waals surface area contributed by atoms with Gasteiger partial charge in [0.05, 0.1) is 44.6 Å². The van der Waals surface area contributed by atoms with Crippen LogP contribution in [0.4, 0.5) is 0 Å². The molecule has 0 aliphatic rings. The van der Waals surface area contributed by atoms with Crippen molar-refractivity contribution in [3.8, 4) is 45.8 Å². The van der Waals surface area contributed by atoms with E-state index in [2.05, 4.69) is 69.8 Å². The van der Waals surface area contributed by atoms with E-state index >= 15 is 0 Å². The van der Waals surface area contributed by atoms with Gasteiger partial charge in [0.1, 0.15) is 12.1 Å². The highest BCUT2D eigenvalue weighted by Crippen LogP contribution is 2.48. The number of para-hydroxylation sites is 4. The molecule has 9 rings (SSSR count). The van der Waals surface area contributed by atoms with Crippen LogP contribution in [0.2, 0.25) is 0 Å². The fourth-order valence-electron chi connectivity index (χ4n) is 7.49. The molecule has 0 saturated carbocycles. The van der Waals surface area contributed by atoms with Gasteiger partial charge in [-0.1, -0.05) is 133 Å². The van der Waals surface area contributed by atoms with Gasteiger partial charge in [-0.3, -0.25) is 0 Å². The van der Waals surface area contributed by atoms with Crippen molar-refractivity contribution in [3.63, 3.8) is 0 Å². The van der Waals surface area contributed by atoms with Crippen molar-refractivity contribution in [2.24, 2.45) is 0 Å². The van der Waals surface area contributed by atoms with E-state index in [-0.39, 0.29) is 0 Å². The maximum Gasteiger partial charge on any atom is 0.102 e. The number of nitriles is 2. The fourth-order valence-corrected chi connectivity index (χ4v) is 7.49. The Morgan fingerprint density at radius 1 is 0.333 bits per heavy atom. The van der Waals surface area contributed by atoms with Crippen LogP contribution in [0.5, 0.6) is 0 Å². The number of rotatable bonds is 4. The number of benzene rings is 7. The molecule has 4 nitrogen and oxygen atoms in total. The summed E-state index contributed by atoms with van der Waals surface area (Å²) in [5.74, 6) is 0. The summed E-state index contributed by atoms with van der Waals surface area (Å²) in [5, 5.41) is 27.2. The number of hydrogen-bond acceptors (Lipinski definition) is 2. The first kappa shape index (κ1) is 27.4. The SMILES string of the molecule is N#Cc1c(-c2ccccc2)c(-n2c3ccccc3c3ccccc32)c(C#N)c(-c2ccccc2)c1-n1c2ccccc2c2ccccc21. The van der Waals surface area contributed by atoms with Crippen molar-refractivity contribution in [3.05, 3.63) is 169 Å². The standard InChI is InChI=1S/C44H26N4/c45-27-35-41(29-15-3-1-4-16-29)43(47-37-23-11-7-19-31(37)32-20-8-12-24-38(32)47)36(28-46)42(30-17-5-2-6-18-30)44(35)48-39-25-13-9-21-33(39)34-22-10-14-26-40(34)48/h1-26H. The molecule has 2 aromatic heterocycles. The van der Waals surface area contributed by atoms with E-state index in [4.69, 9.17) is 0 Å². The zero-order valence-electron chi connectivity index (χ0n) is 25.8. The maximum atomic E-state index is 11.4. The summed E-state index contributed by atoms with van der Waals surface area (Å²) in [6.07, 6.45) is 0. The smallest absolute Gasteiger partial charge is 0.102 e. The third kappa shape index (κ3) is 3.88. The lowest BCUT2D eigenvalue weighted by Gasteiger charge is -2.25. The van der Waals surface area contributed by atoms with Crippen LogP contribution in [0, 0.1) is 22.7 Å². The molecule has 0 bridgehead atoms. The van der Waals surface area contributed by atoms with Crippen molar-refractivity contribution in [1.29, 1.82) is 10.5 Å². The van der Waals surface area contributed by atoms with Gasteiger partial charge >= 0.3 is 0 Å². The Labute approximate surface area is 277 Å². The minimum atomic E-state index is 0.502. The molecular formula is C44H26N4. The van der Waals surface area contributed by atoms with Crippen LogP contribution in [0.15, 0.2) is 158 Å². The van der Waals surface area contributed by atoms with Crippen LogP contribution in [0.1, 0.15) is 11.1 Å². The zero-order valence-corrected chi connectivity index (χ0v) is 25.8. The maximum absolute atomic E-state index is 11.4. The lowest BCUT2D eigenvalue weighted by Crippen LogP contribution is -2.11. The second kappa shape index (κ2) is 10.9. The number of nitrogens with zero attached hydrogens (tertiary/aromatic N) is 4. The first-order chi connectivity index (χ1) is 23.8. The molecule has 7 aromatic carbocycles. The molecule has 4 heteroatoms. The molecular weight excluding hydrogens is 585 g/mol. The van der Waals surface area contributed by atoms with Gasteiger partial charge in [0.2, 0.25) is 0 Å². The van der Waals surface area contributed by atoms with Crippen molar-refractivity contribution >= 4 is 43.6 Å². The molecule has 9 aromatic rings. The second-order valence-corrected chi connectivity index (χ2v) is 11.9. The predicted octanol–water partition coefficient (Wildman–Crippen LogP) is 11.0. The van der Waals surface area contributed by atoms with E-state index in [0.717, 1.165) is 65.9 Å². The Hall–Kier alpha value is -6.88. The third-order valence-corrected chi connectivity index (χ3v) is 9.40. The topological polar surface area (TPSA) is 57.4 Å². The molecule has 0 atom stereocenters. The van der Waals surface area contributed by atoms with Crippen molar-refractivity contribution in [1.82, 2.24) is 9.13 Å². The van der Waals surface area contributed by atoms with Gasteiger partial charge in [-0.15, -0.1) is 0 Å². The lowest BCUT2D eigenvalue weighted by molar-refractivity contribution is 1.13. The zero-order chi connectivity index (χ0) is 32.2. The van der Waals surface area contributed by atoms with Gasteiger partial charge in [0, 0.05) is 32.7 Å². The fraction of sp³-hybridized carbons (Fsp3) is 0. The van der Waals surface area contributed by atoms with Crippen LogP contribution in [0.3, 0.4) is 0 Å². The van der Waals surface area contributed by atoms with Crippen LogP contribution >= 0.6 is 0 Å². The van der Waals surface area contributed by atoms with E-state index in [1.807, 2.05) is 109 Å². The van der Waals surface area contributed by atoms with Crippen LogP contribution in [-0.2, 0) is 0 Å². The molecule has 48 heavy (non-hydrogen) atoms. The van der Waals surface area contributed by atoms with Gasteiger partial charge in [-0.25, -0.2) is 0 Å². The van der Waals surface area contributed by atoms with Gasteiger partial charge < -0.3 is 9.13 Å². The molecule has 0 saturated heterocycles. The third-order valence-electron chi connectivity index (χ3n) is 9.40. The average molecular weight is 611 g/mol. The van der Waals surface area contributed by atoms with Crippen LogP contribution in [0.25, 0.3) is 77.2 Å². The Bertz CT molecular complexity index is 2490. The summed E-state index contributed by atoms with van der Waals surface area (Å²) in [7, 11) is 0. The first-order valence-electron chi connectivity index (χ1n) is 15.9. The monoisotopic (exact) mass is 610 g/mol. The van der Waals surface area contributed by atoms with Gasteiger partial charge in [0.15, 0.2) is 0 Å². The normalized spacial score (nSPS) is 11.3. The number of fused-ring (bicyclic) bond motifs is 6. The van der Waals surface area contributed by atoms with E-state index < -0.39 is 0 Å². The molecule has 0 fully saturated rings. The summed E-state index contributed by atoms with van der Waals surface area (Å²) in [6, 6.07) is 58.6. The summed E-state index contributed by atoms with van der Waals surface area (Å²) in [4.78, 5) is 0. The Balaban J connectivity index is 1.60. The average Bonchev–Trinajstić information content (AvgIpc) is 3.67. The molecule has 0 spiro atoms. The van der Waals surface area contributed by atoms with E-state index in [1.165, 1.54) is 0 Å². The molecule has 0 unspecified atom stereocenters. The molecule has 2 heterocycles. The summed E-state index contributed by atoms with van der Waals surface area (Å²) < 4.78 is 4.38. The predicted molar refractivity (Wildman–Crippen MR) is 195 cm³/mol. The highest BCUT2D eigenvalue weighted by molar-refractivity contribution is 6.13. The molecule has 0 radical (unpaired) electrons. The van der Waals surface area contributed by atoms with Crippen LogP contribution < -0.4 is 0 Å².